The summed E-state index contributed by atoms with van der Waals surface area (Å²) in [7, 11) is 3.28. The molecular formula is C19H20O3. The lowest BCUT2D eigenvalue weighted by Crippen LogP contribution is -1.95. The second-order valence-corrected chi connectivity index (χ2v) is 4.62. The summed E-state index contributed by atoms with van der Waals surface area (Å²) in [5.74, 6) is 2.28. The van der Waals surface area contributed by atoms with Crippen molar-refractivity contribution in [3.05, 3.63) is 61.2 Å². The van der Waals surface area contributed by atoms with Crippen LogP contribution >= 0.6 is 0 Å². The van der Waals surface area contributed by atoms with Gasteiger partial charge in [-0.05, 0) is 29.3 Å². The van der Waals surface area contributed by atoms with Crippen LogP contribution in [-0.4, -0.2) is 20.8 Å². The molecule has 0 aliphatic rings. The molecule has 0 saturated heterocycles. The fourth-order valence-electron chi connectivity index (χ4n) is 2.23. The molecule has 3 nitrogen and oxygen atoms in total. The lowest BCUT2D eigenvalue weighted by atomic mass is 9.98. The highest BCUT2D eigenvalue weighted by atomic mass is 16.5. The topological polar surface area (TPSA) is 27.7 Å². The fraction of sp³-hybridized carbons (Fsp3) is 0.158. The first-order chi connectivity index (χ1) is 10.7. The Kier molecular flexibility index (Phi) is 5.26. The van der Waals surface area contributed by atoms with Gasteiger partial charge in [-0.3, -0.25) is 0 Å². The summed E-state index contributed by atoms with van der Waals surface area (Å²) in [6, 6.07) is 11.6. The smallest absolute Gasteiger partial charge is 0.130 e. The molecule has 0 amide bonds. The molecular weight excluding hydrogens is 276 g/mol. The molecule has 0 unspecified atom stereocenters. The Morgan fingerprint density at radius 3 is 2.23 bits per heavy atom. The summed E-state index contributed by atoms with van der Waals surface area (Å²) in [4.78, 5) is 0. The summed E-state index contributed by atoms with van der Waals surface area (Å²) in [6.07, 6.45) is 3.51. The first-order valence-corrected chi connectivity index (χ1v) is 6.96. The van der Waals surface area contributed by atoms with E-state index in [0.29, 0.717) is 6.61 Å². The van der Waals surface area contributed by atoms with Gasteiger partial charge in [-0.15, -0.1) is 0 Å². The second-order valence-electron chi connectivity index (χ2n) is 4.62. The maximum absolute atomic E-state index is 5.51. The number of ether oxygens (including phenoxy) is 3. The van der Waals surface area contributed by atoms with Crippen LogP contribution in [0, 0.1) is 0 Å². The van der Waals surface area contributed by atoms with Crippen LogP contribution in [0.4, 0.5) is 0 Å². The zero-order valence-corrected chi connectivity index (χ0v) is 13.0. The van der Waals surface area contributed by atoms with E-state index < -0.39 is 0 Å². The standard InChI is InChI=1S/C19H20O3/c1-5-11-22-16-9-7-15(8-10-16)19-14(6-2)12-17(20-3)13-18(19)21-4/h5-10,12-13H,1-2,11H2,3-4H3. The molecule has 0 aliphatic heterocycles. The van der Waals surface area contributed by atoms with Gasteiger partial charge in [-0.1, -0.05) is 37.4 Å². The Labute approximate surface area is 131 Å². The molecule has 0 heterocycles. The maximum atomic E-state index is 5.51. The molecule has 3 heteroatoms. The Morgan fingerprint density at radius 2 is 1.68 bits per heavy atom. The molecule has 2 aromatic carbocycles. The molecule has 0 atom stereocenters. The maximum Gasteiger partial charge on any atom is 0.130 e. The summed E-state index contributed by atoms with van der Waals surface area (Å²) < 4.78 is 16.3. The Morgan fingerprint density at radius 1 is 0.955 bits per heavy atom. The van der Waals surface area contributed by atoms with Crippen molar-refractivity contribution in [2.45, 2.75) is 0 Å². The van der Waals surface area contributed by atoms with Crippen molar-refractivity contribution in [2.75, 3.05) is 20.8 Å². The van der Waals surface area contributed by atoms with Gasteiger partial charge in [0, 0.05) is 11.6 Å². The molecule has 0 bridgehead atoms. The highest BCUT2D eigenvalue weighted by Gasteiger charge is 2.12. The predicted octanol–water partition coefficient (Wildman–Crippen LogP) is 4.58. The molecule has 2 rings (SSSR count). The lowest BCUT2D eigenvalue weighted by Gasteiger charge is -2.15. The fourth-order valence-corrected chi connectivity index (χ4v) is 2.23. The van der Waals surface area contributed by atoms with Gasteiger partial charge in [0.25, 0.3) is 0 Å². The summed E-state index contributed by atoms with van der Waals surface area (Å²) in [6.45, 7) is 8.01. The third-order valence-corrected chi connectivity index (χ3v) is 3.29. The number of rotatable bonds is 7. The van der Waals surface area contributed by atoms with E-state index in [4.69, 9.17) is 14.2 Å². The van der Waals surface area contributed by atoms with Gasteiger partial charge >= 0.3 is 0 Å². The number of hydrogen-bond acceptors (Lipinski definition) is 3. The zero-order chi connectivity index (χ0) is 15.9. The Hall–Kier alpha value is -2.68. The van der Waals surface area contributed by atoms with E-state index in [2.05, 4.69) is 13.2 Å². The molecule has 114 valence electrons. The highest BCUT2D eigenvalue weighted by molar-refractivity contribution is 5.81. The first kappa shape index (κ1) is 15.7. The molecule has 2 aromatic rings. The monoisotopic (exact) mass is 296 g/mol. The van der Waals surface area contributed by atoms with Crippen molar-refractivity contribution in [3.63, 3.8) is 0 Å². The Balaban J connectivity index is 2.46. The summed E-state index contributed by atoms with van der Waals surface area (Å²) in [5, 5.41) is 0. The third-order valence-electron chi connectivity index (χ3n) is 3.29. The van der Waals surface area contributed by atoms with Gasteiger partial charge in [-0.25, -0.2) is 0 Å². The van der Waals surface area contributed by atoms with Crippen molar-refractivity contribution in [3.8, 4) is 28.4 Å². The SMILES string of the molecule is C=CCOc1ccc(-c2c(C=C)cc(OC)cc2OC)cc1. The van der Waals surface area contributed by atoms with Crippen molar-refractivity contribution in [1.82, 2.24) is 0 Å². The van der Waals surface area contributed by atoms with E-state index in [0.717, 1.165) is 33.9 Å². The lowest BCUT2D eigenvalue weighted by molar-refractivity contribution is 0.363. The van der Waals surface area contributed by atoms with Crippen LogP contribution in [0.3, 0.4) is 0 Å². The molecule has 22 heavy (non-hydrogen) atoms. The third kappa shape index (κ3) is 3.31. The van der Waals surface area contributed by atoms with Gasteiger partial charge in [0.1, 0.15) is 23.9 Å². The normalized spacial score (nSPS) is 9.91. The van der Waals surface area contributed by atoms with Crippen molar-refractivity contribution in [1.29, 1.82) is 0 Å². The van der Waals surface area contributed by atoms with E-state index in [1.54, 1.807) is 26.4 Å². The molecule has 0 N–H and O–H groups in total. The zero-order valence-electron chi connectivity index (χ0n) is 13.0. The van der Waals surface area contributed by atoms with E-state index in [9.17, 15) is 0 Å². The van der Waals surface area contributed by atoms with Crippen molar-refractivity contribution < 1.29 is 14.2 Å². The quantitative estimate of drug-likeness (QED) is 0.700. The van der Waals surface area contributed by atoms with E-state index in [-0.39, 0.29) is 0 Å². The van der Waals surface area contributed by atoms with Crippen molar-refractivity contribution >= 4 is 6.08 Å². The molecule has 0 fully saturated rings. The van der Waals surface area contributed by atoms with Gasteiger partial charge in [0.2, 0.25) is 0 Å². The van der Waals surface area contributed by atoms with E-state index in [1.165, 1.54) is 0 Å². The number of hydrogen-bond donors (Lipinski definition) is 0. The number of methoxy groups -OCH3 is 2. The van der Waals surface area contributed by atoms with Gasteiger partial charge in [0.05, 0.1) is 14.2 Å². The van der Waals surface area contributed by atoms with E-state index in [1.807, 2.05) is 36.4 Å². The van der Waals surface area contributed by atoms with Crippen LogP contribution in [0.5, 0.6) is 17.2 Å². The van der Waals surface area contributed by atoms with Gasteiger partial charge < -0.3 is 14.2 Å². The van der Waals surface area contributed by atoms with Gasteiger partial charge in [-0.2, -0.15) is 0 Å². The summed E-state index contributed by atoms with van der Waals surface area (Å²) >= 11 is 0. The minimum atomic E-state index is 0.489. The molecule has 0 saturated carbocycles. The van der Waals surface area contributed by atoms with Crippen LogP contribution in [0.1, 0.15) is 5.56 Å². The van der Waals surface area contributed by atoms with Crippen LogP contribution in [0.15, 0.2) is 55.6 Å². The van der Waals surface area contributed by atoms with Crippen LogP contribution < -0.4 is 14.2 Å². The van der Waals surface area contributed by atoms with Crippen LogP contribution in [0.2, 0.25) is 0 Å². The molecule has 0 aromatic heterocycles. The number of benzene rings is 2. The molecule has 0 spiro atoms. The minimum Gasteiger partial charge on any atom is -0.497 e. The average Bonchev–Trinajstić information content (AvgIpc) is 2.59. The Bertz CT molecular complexity index is 657. The highest BCUT2D eigenvalue weighted by Crippen LogP contribution is 2.38. The predicted molar refractivity (Wildman–Crippen MR) is 90.8 cm³/mol. The molecule has 0 aliphatic carbocycles. The van der Waals surface area contributed by atoms with Crippen LogP contribution in [0.25, 0.3) is 17.2 Å². The summed E-state index contributed by atoms with van der Waals surface area (Å²) in [5.41, 5.74) is 2.96. The van der Waals surface area contributed by atoms with Crippen LogP contribution in [-0.2, 0) is 0 Å². The van der Waals surface area contributed by atoms with Crippen molar-refractivity contribution in [2.24, 2.45) is 0 Å². The minimum absolute atomic E-state index is 0.489. The van der Waals surface area contributed by atoms with Gasteiger partial charge in [0.15, 0.2) is 0 Å². The average molecular weight is 296 g/mol. The molecule has 0 radical (unpaired) electrons. The second kappa shape index (κ2) is 7.36. The first-order valence-electron chi connectivity index (χ1n) is 6.96. The van der Waals surface area contributed by atoms with E-state index >= 15 is 0 Å². The largest absolute Gasteiger partial charge is 0.497 e.